The Balaban J connectivity index is 0.944. The zero-order valence-corrected chi connectivity index (χ0v) is 34.1. The van der Waals surface area contributed by atoms with Crippen LogP contribution in [0.1, 0.15) is 90.0 Å². The van der Waals surface area contributed by atoms with Gasteiger partial charge in [-0.2, -0.15) is 0 Å². The quantitative estimate of drug-likeness (QED) is 0.126. The van der Waals surface area contributed by atoms with Gasteiger partial charge in [-0.05, 0) is 83.4 Å². The average molecular weight is 791 g/mol. The molecule has 4 atom stereocenters. The molecule has 2 saturated heterocycles. The van der Waals surface area contributed by atoms with Crippen LogP contribution in [0.3, 0.4) is 0 Å². The van der Waals surface area contributed by atoms with Crippen LogP contribution in [-0.2, 0) is 19.1 Å². The molecule has 4 heterocycles. The minimum Gasteiger partial charge on any atom is -0.453 e. The lowest BCUT2D eigenvalue weighted by atomic mass is 10.0. The maximum absolute atomic E-state index is 13.9. The molecule has 306 valence electrons. The number of nitrogens with zero attached hydrogens (tertiary/aromatic N) is 4. The SMILES string of the molecule is COC(=O)N[C@H](C(=O)N1CC2(CC2)C[C@H]1c1ncc(-c2ccc(-c3ccc(-c4cnc([C@@H]5CC6(CC6)CN5C(=O)[C@@H](NC(=O)OC)C(C)C)[nH]4)cc3)cc2)[nH]1)C(C)C. The average Bonchev–Trinajstić information content (AvgIpc) is 3.80. The number of hydrogen-bond donors (Lipinski definition) is 4. The second kappa shape index (κ2) is 15.3. The Morgan fingerprint density at radius 2 is 0.966 bits per heavy atom. The molecule has 2 aromatic carbocycles. The highest BCUT2D eigenvalue weighted by atomic mass is 16.5. The van der Waals surface area contributed by atoms with Crippen molar-refractivity contribution in [3.05, 3.63) is 72.6 Å². The van der Waals surface area contributed by atoms with Gasteiger partial charge in [-0.3, -0.25) is 9.59 Å². The van der Waals surface area contributed by atoms with Crippen molar-refractivity contribution in [2.45, 2.75) is 90.4 Å². The number of benzene rings is 2. The minimum absolute atomic E-state index is 0.104. The molecule has 4 N–H and O–H groups in total. The summed E-state index contributed by atoms with van der Waals surface area (Å²) in [5.74, 6) is 1.08. The molecule has 0 radical (unpaired) electrons. The molecule has 8 rings (SSSR count). The van der Waals surface area contributed by atoms with Gasteiger partial charge < -0.3 is 39.9 Å². The summed E-state index contributed by atoms with van der Waals surface area (Å²) in [7, 11) is 2.61. The van der Waals surface area contributed by atoms with E-state index in [1.807, 2.05) is 49.9 Å². The molecule has 2 aliphatic carbocycles. The summed E-state index contributed by atoms with van der Waals surface area (Å²) in [6, 6.07) is 14.9. The highest BCUT2D eigenvalue weighted by Crippen LogP contribution is 2.59. The van der Waals surface area contributed by atoms with Crippen molar-refractivity contribution in [3.8, 4) is 33.6 Å². The monoisotopic (exact) mass is 790 g/mol. The molecule has 58 heavy (non-hydrogen) atoms. The normalized spacial score (nSPS) is 21.0. The van der Waals surface area contributed by atoms with Gasteiger partial charge in [0.25, 0.3) is 0 Å². The van der Waals surface area contributed by atoms with Crippen LogP contribution in [0.25, 0.3) is 33.6 Å². The van der Waals surface area contributed by atoms with Crippen molar-refractivity contribution in [2.75, 3.05) is 27.3 Å². The molecule has 4 fully saturated rings. The molecule has 4 aromatic rings. The van der Waals surface area contributed by atoms with Crippen molar-refractivity contribution in [3.63, 3.8) is 0 Å². The van der Waals surface area contributed by atoms with Crippen LogP contribution in [0.2, 0.25) is 0 Å². The number of likely N-dealkylation sites (tertiary alicyclic amines) is 2. The number of hydrogen-bond acceptors (Lipinski definition) is 8. The van der Waals surface area contributed by atoms with Gasteiger partial charge in [0.15, 0.2) is 0 Å². The van der Waals surface area contributed by atoms with Crippen molar-refractivity contribution < 1.29 is 28.7 Å². The first-order valence-corrected chi connectivity index (χ1v) is 20.4. The maximum Gasteiger partial charge on any atom is 0.407 e. The molecule has 0 bridgehead atoms. The molecule has 2 aliphatic heterocycles. The van der Waals surface area contributed by atoms with Gasteiger partial charge in [-0.1, -0.05) is 76.2 Å². The van der Waals surface area contributed by atoms with E-state index in [0.29, 0.717) is 13.1 Å². The summed E-state index contributed by atoms with van der Waals surface area (Å²) in [5, 5.41) is 5.49. The molecule has 4 aliphatic rings. The number of rotatable bonds is 11. The molecule has 2 saturated carbocycles. The molecule has 2 aromatic heterocycles. The molecular formula is C44H54N8O6. The number of nitrogens with one attached hydrogen (secondary N) is 4. The Kier molecular flexibility index (Phi) is 10.3. The van der Waals surface area contributed by atoms with Gasteiger partial charge in [0.1, 0.15) is 23.7 Å². The van der Waals surface area contributed by atoms with Crippen molar-refractivity contribution in [1.82, 2.24) is 40.4 Å². The standard InChI is InChI=1S/C44H54N8O6/c1-25(2)35(49-41(55)57-5)39(53)51-23-43(15-16-43)19-33(51)37-45-21-31(47-37)29-11-7-27(8-12-29)28-9-13-30(14-10-28)32-22-46-38(48-32)34-20-44(17-18-44)24-52(34)40(54)36(26(3)4)50-42(56)58-6/h7-14,21-22,25-26,33-36H,15-20,23-24H2,1-6H3,(H,45,47)(H,46,48)(H,49,55)(H,50,56)/t33-,34-,35-,36-/m0/s1. The van der Waals surface area contributed by atoms with E-state index < -0.39 is 24.3 Å². The lowest BCUT2D eigenvalue weighted by Gasteiger charge is -2.30. The second-order valence-corrected chi connectivity index (χ2v) is 17.6. The third-order valence-electron chi connectivity index (χ3n) is 12.8. The summed E-state index contributed by atoms with van der Waals surface area (Å²) in [6.07, 6.45) is 8.47. The van der Waals surface area contributed by atoms with Crippen molar-refractivity contribution in [1.29, 1.82) is 0 Å². The van der Waals surface area contributed by atoms with E-state index in [-0.39, 0.29) is 46.6 Å². The van der Waals surface area contributed by atoms with Crippen LogP contribution in [0, 0.1) is 22.7 Å². The molecule has 0 unspecified atom stereocenters. The number of H-pyrrole nitrogens is 2. The lowest BCUT2D eigenvalue weighted by Crippen LogP contribution is -2.51. The Morgan fingerprint density at radius 1 is 0.621 bits per heavy atom. The van der Waals surface area contributed by atoms with E-state index in [2.05, 4.69) is 69.1 Å². The first kappa shape index (κ1) is 39.2. The Hall–Kier alpha value is -5.66. The number of alkyl carbamates (subject to hydrolysis) is 2. The fourth-order valence-corrected chi connectivity index (χ4v) is 8.89. The Morgan fingerprint density at radius 3 is 1.28 bits per heavy atom. The number of ether oxygens (including phenoxy) is 2. The van der Waals surface area contributed by atoms with Crippen LogP contribution in [0.5, 0.6) is 0 Å². The summed E-state index contributed by atoms with van der Waals surface area (Å²) >= 11 is 0. The molecule has 14 heteroatoms. The van der Waals surface area contributed by atoms with Gasteiger partial charge in [-0.15, -0.1) is 0 Å². The zero-order chi connectivity index (χ0) is 40.9. The fourth-order valence-electron chi connectivity index (χ4n) is 8.89. The van der Waals surface area contributed by atoms with Crippen molar-refractivity contribution in [2.24, 2.45) is 22.7 Å². The van der Waals surface area contributed by atoms with Crippen LogP contribution in [0.15, 0.2) is 60.9 Å². The fraction of sp³-hybridized carbons (Fsp3) is 0.500. The number of methoxy groups -OCH3 is 2. The van der Waals surface area contributed by atoms with Crippen LogP contribution in [-0.4, -0.2) is 93.1 Å². The third kappa shape index (κ3) is 7.68. The largest absolute Gasteiger partial charge is 0.453 e. The molecule has 14 nitrogen and oxygen atoms in total. The van der Waals surface area contributed by atoms with E-state index in [1.54, 1.807) is 0 Å². The predicted molar refractivity (Wildman–Crippen MR) is 217 cm³/mol. The summed E-state index contributed by atoms with van der Waals surface area (Å²) in [6.45, 7) is 9.00. The highest BCUT2D eigenvalue weighted by Gasteiger charge is 2.56. The van der Waals surface area contributed by atoms with E-state index in [4.69, 9.17) is 19.4 Å². The van der Waals surface area contributed by atoms with E-state index in [9.17, 15) is 19.2 Å². The smallest absolute Gasteiger partial charge is 0.407 e. The van der Waals surface area contributed by atoms with E-state index in [1.165, 1.54) is 14.2 Å². The van der Waals surface area contributed by atoms with Crippen LogP contribution >= 0.6 is 0 Å². The van der Waals surface area contributed by atoms with Crippen molar-refractivity contribution >= 4 is 24.0 Å². The van der Waals surface area contributed by atoms with Crippen LogP contribution in [0.4, 0.5) is 9.59 Å². The predicted octanol–water partition coefficient (Wildman–Crippen LogP) is 7.00. The number of carbonyl (C=O) groups excluding carboxylic acids is 4. The first-order chi connectivity index (χ1) is 27.8. The summed E-state index contributed by atoms with van der Waals surface area (Å²) < 4.78 is 9.62. The van der Waals surface area contributed by atoms with Gasteiger partial charge in [-0.25, -0.2) is 19.6 Å². The van der Waals surface area contributed by atoms with E-state index >= 15 is 0 Å². The summed E-state index contributed by atoms with van der Waals surface area (Å²) in [4.78, 5) is 72.3. The number of aromatic amines is 2. The Bertz CT molecular complexity index is 2010. The topological polar surface area (TPSA) is 175 Å². The zero-order valence-electron chi connectivity index (χ0n) is 34.1. The highest BCUT2D eigenvalue weighted by molar-refractivity contribution is 5.87. The van der Waals surface area contributed by atoms with E-state index in [0.717, 1.165) is 83.8 Å². The first-order valence-electron chi connectivity index (χ1n) is 20.4. The Labute approximate surface area is 338 Å². The van der Waals surface area contributed by atoms with Gasteiger partial charge in [0.2, 0.25) is 11.8 Å². The summed E-state index contributed by atoms with van der Waals surface area (Å²) in [5.41, 5.74) is 6.10. The number of carbonyl (C=O) groups is 4. The number of aromatic nitrogens is 4. The molecular weight excluding hydrogens is 737 g/mol. The third-order valence-corrected chi connectivity index (χ3v) is 12.8. The van der Waals surface area contributed by atoms with Gasteiger partial charge in [0, 0.05) is 13.1 Å². The number of amides is 4. The van der Waals surface area contributed by atoms with Gasteiger partial charge >= 0.3 is 12.2 Å². The second-order valence-electron chi connectivity index (χ2n) is 17.6. The number of imidazole rings is 2. The van der Waals surface area contributed by atoms with Crippen LogP contribution < -0.4 is 10.6 Å². The molecule has 4 amide bonds. The maximum atomic E-state index is 13.9. The molecule has 2 spiro atoms. The lowest BCUT2D eigenvalue weighted by molar-refractivity contribution is -0.136. The minimum atomic E-state index is -0.686. The van der Waals surface area contributed by atoms with Gasteiger partial charge in [0.05, 0.1) is 50.1 Å².